The number of nitrogen functional groups attached to an aromatic ring is 1. The van der Waals surface area contributed by atoms with E-state index in [-0.39, 0.29) is 41.9 Å². The second kappa shape index (κ2) is 11.0. The zero-order chi connectivity index (χ0) is 33.5. The third-order valence-corrected chi connectivity index (χ3v) is 11.2. The molecule has 2 aliphatic heterocycles. The van der Waals surface area contributed by atoms with Crippen molar-refractivity contribution in [3.63, 3.8) is 0 Å². The minimum Gasteiger partial charge on any atom is -0.495 e. The van der Waals surface area contributed by atoms with Gasteiger partial charge in [-0.3, -0.25) is 9.59 Å². The average molecular weight is 662 g/mol. The molecule has 3 bridgehead atoms. The summed E-state index contributed by atoms with van der Waals surface area (Å²) >= 11 is 6.25. The van der Waals surface area contributed by atoms with Crippen LogP contribution in [0, 0.1) is 17.8 Å². The minimum atomic E-state index is -1.81. The van der Waals surface area contributed by atoms with E-state index in [2.05, 4.69) is 13.5 Å². The fraction of sp³-hybridized carbons (Fsp3) is 0.459. The lowest BCUT2D eigenvalue weighted by Crippen LogP contribution is -2.70. The monoisotopic (exact) mass is 661 g/mol. The molecule has 248 valence electrons. The van der Waals surface area contributed by atoms with Gasteiger partial charge < -0.3 is 34.5 Å². The van der Waals surface area contributed by atoms with Gasteiger partial charge in [0, 0.05) is 18.3 Å². The molecular weight excluding hydrogens is 622 g/mol. The molecule has 47 heavy (non-hydrogen) atoms. The molecule has 0 spiro atoms. The summed E-state index contributed by atoms with van der Waals surface area (Å²) in [5.74, 6) is -3.27. The number of ether oxygens (including phenoxy) is 5. The van der Waals surface area contributed by atoms with Crippen LogP contribution < -0.4 is 10.5 Å². The van der Waals surface area contributed by atoms with Gasteiger partial charge in [-0.15, -0.1) is 0 Å². The first kappa shape index (κ1) is 32.1. The summed E-state index contributed by atoms with van der Waals surface area (Å²) in [5.41, 5.74) is 5.94. The third kappa shape index (κ3) is 4.73. The van der Waals surface area contributed by atoms with Crippen molar-refractivity contribution < 1.29 is 38.4 Å². The molecule has 0 radical (unpaired) electrons. The van der Waals surface area contributed by atoms with Crippen molar-refractivity contribution in [3.05, 3.63) is 94.1 Å². The van der Waals surface area contributed by atoms with Gasteiger partial charge in [0.25, 0.3) is 5.97 Å². The molecule has 10 heteroatoms. The van der Waals surface area contributed by atoms with Crippen LogP contribution in [0.3, 0.4) is 0 Å². The Hall–Kier alpha value is -3.47. The highest BCUT2D eigenvalue weighted by Crippen LogP contribution is 2.68. The second-order valence-electron chi connectivity index (χ2n) is 13.9. The number of hydrogen-bond acceptors (Lipinski definition) is 9. The standard InChI is InChI=1S/C37H40ClNO8/c1-20(2)35-16-22(4)37-26(33(35)45-36(46-35,47-37)18-23-9-7-6-8-10-23)12-25(17-34(42)29(37)11-21(3)32(34)41)19-44-30(40)15-24-13-27(38)31(39)28(14-24)43-5/h6-14,22,26,29,33,42H,1,15-19,39H2,2-5H3/t22-,26+,29-,33?,34-,35+,36?,37?/m1/s1. The van der Waals surface area contributed by atoms with E-state index in [1.807, 2.05) is 49.4 Å². The number of carbonyl (C=O) groups is 2. The average Bonchev–Trinajstić information content (AvgIpc) is 3.33. The number of rotatable bonds is 8. The smallest absolute Gasteiger partial charge is 0.310 e. The van der Waals surface area contributed by atoms with E-state index < -0.39 is 46.7 Å². The molecule has 0 aromatic heterocycles. The highest BCUT2D eigenvalue weighted by atomic mass is 35.5. The first-order valence-corrected chi connectivity index (χ1v) is 16.4. The van der Waals surface area contributed by atoms with Gasteiger partial charge in [0.05, 0.1) is 36.3 Å². The van der Waals surface area contributed by atoms with Crippen LogP contribution in [0.4, 0.5) is 5.69 Å². The first-order valence-electron chi connectivity index (χ1n) is 16.0. The van der Waals surface area contributed by atoms with Crippen LogP contribution >= 0.6 is 11.6 Å². The first-order chi connectivity index (χ1) is 22.3. The molecule has 9 nitrogen and oxygen atoms in total. The molecule has 7 rings (SSSR count). The number of carbonyl (C=O) groups excluding carboxylic acids is 2. The molecule has 8 atom stereocenters. The van der Waals surface area contributed by atoms with Gasteiger partial charge in [-0.1, -0.05) is 67.6 Å². The molecule has 0 amide bonds. The van der Waals surface area contributed by atoms with E-state index in [9.17, 15) is 14.7 Å². The molecule has 3 unspecified atom stereocenters. The number of benzene rings is 2. The summed E-state index contributed by atoms with van der Waals surface area (Å²) in [4.78, 5) is 26.9. The number of anilines is 1. The predicted octanol–water partition coefficient (Wildman–Crippen LogP) is 5.27. The maximum atomic E-state index is 13.8. The van der Waals surface area contributed by atoms with Crippen LogP contribution in [-0.2, 0) is 41.4 Å². The summed E-state index contributed by atoms with van der Waals surface area (Å²) in [7, 11) is 1.47. The van der Waals surface area contributed by atoms with E-state index in [1.54, 1.807) is 19.1 Å². The minimum absolute atomic E-state index is 0.0210. The molecule has 3 aliphatic carbocycles. The molecule has 2 aromatic carbocycles. The summed E-state index contributed by atoms with van der Waals surface area (Å²) < 4.78 is 31.9. The van der Waals surface area contributed by atoms with Gasteiger partial charge in [0.1, 0.15) is 29.7 Å². The lowest BCUT2D eigenvalue weighted by atomic mass is 9.55. The highest BCUT2D eigenvalue weighted by molar-refractivity contribution is 6.33. The van der Waals surface area contributed by atoms with Crippen molar-refractivity contribution in [1.29, 1.82) is 0 Å². The van der Waals surface area contributed by atoms with Gasteiger partial charge in [-0.05, 0) is 66.2 Å². The lowest BCUT2D eigenvalue weighted by Gasteiger charge is -2.59. The van der Waals surface area contributed by atoms with Crippen molar-refractivity contribution in [2.75, 3.05) is 19.5 Å². The highest BCUT2D eigenvalue weighted by Gasteiger charge is 2.79. The van der Waals surface area contributed by atoms with Gasteiger partial charge in [0.2, 0.25) is 0 Å². The Balaban J connectivity index is 1.26. The van der Waals surface area contributed by atoms with E-state index in [4.69, 9.17) is 41.0 Å². The summed E-state index contributed by atoms with van der Waals surface area (Å²) in [6.45, 7) is 9.98. The number of halogens is 1. The number of aliphatic hydroxyl groups is 1. The van der Waals surface area contributed by atoms with E-state index >= 15 is 0 Å². The van der Waals surface area contributed by atoms with Gasteiger partial charge in [-0.2, -0.15) is 0 Å². The third-order valence-electron chi connectivity index (χ3n) is 10.9. The summed E-state index contributed by atoms with van der Waals surface area (Å²) in [5, 5.41) is 12.7. The van der Waals surface area contributed by atoms with Crippen LogP contribution in [0.25, 0.3) is 0 Å². The fourth-order valence-electron chi connectivity index (χ4n) is 8.80. The summed E-state index contributed by atoms with van der Waals surface area (Å²) in [6.07, 6.45) is 4.09. The number of hydrogen-bond donors (Lipinski definition) is 2. The maximum Gasteiger partial charge on any atom is 0.310 e. The Morgan fingerprint density at radius 3 is 2.62 bits per heavy atom. The van der Waals surface area contributed by atoms with Crippen LogP contribution in [-0.4, -0.2) is 59.5 Å². The van der Waals surface area contributed by atoms with Crippen molar-refractivity contribution in [2.45, 2.75) is 75.3 Å². The number of methoxy groups -OCH3 is 1. The Kier molecular flexibility index (Phi) is 7.54. The Morgan fingerprint density at radius 1 is 1.17 bits per heavy atom. The lowest BCUT2D eigenvalue weighted by molar-refractivity contribution is -0.421. The predicted molar refractivity (Wildman–Crippen MR) is 174 cm³/mol. The fourth-order valence-corrected chi connectivity index (χ4v) is 9.03. The van der Waals surface area contributed by atoms with Gasteiger partial charge in [-0.25, -0.2) is 0 Å². The zero-order valence-corrected chi connectivity index (χ0v) is 27.8. The van der Waals surface area contributed by atoms with Crippen molar-refractivity contribution in [3.8, 4) is 5.75 Å². The molecule has 2 aromatic rings. The van der Waals surface area contributed by atoms with Gasteiger partial charge in [0.15, 0.2) is 5.78 Å². The quantitative estimate of drug-likeness (QED) is 0.221. The van der Waals surface area contributed by atoms with Crippen LogP contribution in [0.2, 0.25) is 5.02 Å². The van der Waals surface area contributed by atoms with Crippen LogP contribution in [0.15, 0.2) is 77.9 Å². The molecule has 1 saturated carbocycles. The normalized spacial score (nSPS) is 36.6. The maximum absolute atomic E-state index is 13.8. The molecular formula is C37H40ClNO8. The number of Topliss-reactive ketones (excluding diaryl/α,β-unsaturated/α-hetero) is 1. The second-order valence-corrected chi connectivity index (χ2v) is 14.3. The number of esters is 1. The van der Waals surface area contributed by atoms with E-state index in [1.165, 1.54) is 7.11 Å². The van der Waals surface area contributed by atoms with Crippen molar-refractivity contribution >= 4 is 29.0 Å². The Morgan fingerprint density at radius 2 is 1.91 bits per heavy atom. The van der Waals surface area contributed by atoms with Gasteiger partial charge >= 0.3 is 5.97 Å². The van der Waals surface area contributed by atoms with Crippen molar-refractivity contribution in [1.82, 2.24) is 0 Å². The zero-order valence-electron chi connectivity index (χ0n) is 27.0. The Bertz CT molecular complexity index is 1740. The van der Waals surface area contributed by atoms with Crippen molar-refractivity contribution in [2.24, 2.45) is 17.8 Å². The largest absolute Gasteiger partial charge is 0.495 e. The van der Waals surface area contributed by atoms with Crippen LogP contribution in [0.1, 0.15) is 44.7 Å². The number of ketones is 1. The van der Waals surface area contributed by atoms with E-state index in [0.29, 0.717) is 35.3 Å². The molecule has 5 aliphatic rings. The number of fused-ring (bicyclic) bond motifs is 2. The summed E-state index contributed by atoms with van der Waals surface area (Å²) in [6, 6.07) is 13.1. The molecule has 3 N–H and O–H groups in total. The molecule has 2 heterocycles. The van der Waals surface area contributed by atoms with Crippen LogP contribution in [0.5, 0.6) is 5.75 Å². The topological polar surface area (TPSA) is 127 Å². The molecule has 3 fully saturated rings. The SMILES string of the molecule is C=C(C)[C@@]12C[C@@H](C)C34OC(Cc5ccccc5)(OC1[C@@H]3C=C(COC(=O)Cc1cc(Cl)c(N)c(OC)c1)C[C@]1(O)C(=O)C(C)=C[C@@H]41)O2. The molecule has 2 saturated heterocycles. The number of nitrogens with two attached hydrogens (primary N) is 1. The Labute approximate surface area is 279 Å². The van der Waals surface area contributed by atoms with E-state index in [0.717, 1.165) is 11.1 Å².